The van der Waals surface area contributed by atoms with Gasteiger partial charge in [-0.2, -0.15) is 0 Å². The van der Waals surface area contributed by atoms with Crippen molar-refractivity contribution in [3.05, 3.63) is 112 Å². The van der Waals surface area contributed by atoms with E-state index < -0.39 is 0 Å². The summed E-state index contributed by atoms with van der Waals surface area (Å²) in [5.41, 5.74) is 5.34. The van der Waals surface area contributed by atoms with Gasteiger partial charge >= 0.3 is 0 Å². The number of aromatic nitrogens is 2. The largest absolute Gasteiger partial charge is 0.358 e. The van der Waals surface area contributed by atoms with Crippen LogP contribution in [0.4, 0.5) is 0 Å². The monoisotopic (exact) mass is 569 g/mol. The van der Waals surface area contributed by atoms with Gasteiger partial charge in [0.2, 0.25) is 0 Å². The number of benzene rings is 4. The summed E-state index contributed by atoms with van der Waals surface area (Å²) in [6.07, 6.45) is 0. The van der Waals surface area contributed by atoms with Crippen LogP contribution in [0.1, 0.15) is 41.5 Å². The fraction of sp³-hybridized carbons (Fsp3) is 0.235. The molecule has 0 aliphatic rings. The number of nitrogens with zero attached hydrogens (tertiary/aromatic N) is 2. The number of fused-ring (bicyclic) bond motifs is 6. The predicted molar refractivity (Wildman–Crippen MR) is 166 cm³/mol. The summed E-state index contributed by atoms with van der Waals surface area (Å²) in [6.45, 7) is 14.4. The van der Waals surface area contributed by atoms with E-state index in [9.17, 15) is 0 Å². The van der Waals surface area contributed by atoms with E-state index in [-0.39, 0.29) is 47.6 Å². The van der Waals surface area contributed by atoms with Crippen molar-refractivity contribution in [1.29, 1.82) is 0 Å². The third-order valence-electron chi connectivity index (χ3n) is 5.99. The predicted octanol–water partition coefficient (Wildman–Crippen LogP) is 10.6. The van der Waals surface area contributed by atoms with Crippen molar-refractivity contribution in [2.45, 2.75) is 54.6 Å². The Bertz CT molecular complexity index is 1250. The zero-order valence-corrected chi connectivity index (χ0v) is 27.0. The van der Waals surface area contributed by atoms with Crippen LogP contribution in [0.15, 0.2) is 97.1 Å². The molecule has 2 aromatic heterocycles. The minimum Gasteiger partial charge on any atom is -0.358 e. The molecule has 1 radical (unpaired) electrons. The maximum absolute atomic E-state index is 2.37. The van der Waals surface area contributed by atoms with Crippen LogP contribution >= 0.6 is 0 Å². The van der Waals surface area contributed by atoms with Gasteiger partial charge in [0.25, 0.3) is 0 Å². The molecule has 195 valence electrons. The van der Waals surface area contributed by atoms with E-state index in [0.717, 1.165) is 13.1 Å². The third kappa shape index (κ3) is 6.92. The maximum atomic E-state index is 2.37. The molecule has 6 rings (SSSR count). The fourth-order valence-electron chi connectivity index (χ4n) is 4.69. The minimum absolute atomic E-state index is 0. The average molecular weight is 570 g/mol. The van der Waals surface area contributed by atoms with E-state index in [1.807, 2.05) is 27.7 Å². The van der Waals surface area contributed by atoms with Crippen LogP contribution in [0.2, 0.25) is 0 Å². The first-order valence-corrected chi connectivity index (χ1v) is 12.8. The summed E-state index contributed by atoms with van der Waals surface area (Å²) >= 11 is 0. The Hall–Kier alpha value is -2.42. The molecule has 2 nitrogen and oxygen atoms in total. The van der Waals surface area contributed by atoms with E-state index in [2.05, 4.69) is 120 Å². The second-order valence-corrected chi connectivity index (χ2v) is 7.56. The number of aryl methyl sites for hydroxylation is 2. The van der Waals surface area contributed by atoms with Gasteiger partial charge in [-0.3, -0.25) is 0 Å². The van der Waals surface area contributed by atoms with E-state index in [4.69, 9.17) is 0 Å². The Morgan fingerprint density at radius 2 is 0.595 bits per heavy atom. The molecule has 0 aliphatic heterocycles. The van der Waals surface area contributed by atoms with E-state index in [0.29, 0.717) is 0 Å². The van der Waals surface area contributed by atoms with Crippen molar-refractivity contribution in [2.75, 3.05) is 0 Å². The normalized spacial score (nSPS) is 9.46. The first-order valence-electron chi connectivity index (χ1n) is 12.8. The molecular formula is C34H44N2Y-2. The molecule has 0 bridgehead atoms. The van der Waals surface area contributed by atoms with Gasteiger partial charge < -0.3 is 24.0 Å². The standard InChI is InChI=1S/2C14H13N.2C2H6.2CH3.Y/c2*1-2-15-13-9-5-3-7-11(13)12-8-4-6-10-14(12)15;2*1-2;;;/h2*3-10H,2H2,1H3;2*1-2H3;2*1H3;/q;;;;2*-1;. The molecule has 0 atom stereocenters. The van der Waals surface area contributed by atoms with Crippen LogP contribution in [0, 0.1) is 14.9 Å². The first-order chi connectivity index (χ1) is 16.8. The summed E-state index contributed by atoms with van der Waals surface area (Å²) < 4.78 is 4.73. The van der Waals surface area contributed by atoms with E-state index in [1.165, 1.54) is 43.6 Å². The SMILES string of the molecule is CC.CC.CCn1c2ccccc2c2ccccc21.CCn1c2ccccc2c2ccccc21.[CH3-].[CH3-].[Y]. The Kier molecular flexibility index (Phi) is 16.0. The van der Waals surface area contributed by atoms with Gasteiger partial charge in [0.05, 0.1) is 0 Å². The molecule has 4 aromatic carbocycles. The van der Waals surface area contributed by atoms with Crippen LogP contribution in [-0.2, 0) is 45.8 Å². The fourth-order valence-corrected chi connectivity index (χ4v) is 4.69. The summed E-state index contributed by atoms with van der Waals surface area (Å²) in [5, 5.41) is 5.43. The molecule has 0 unspecified atom stereocenters. The summed E-state index contributed by atoms with van der Waals surface area (Å²) in [7, 11) is 0. The van der Waals surface area contributed by atoms with Crippen LogP contribution in [0.25, 0.3) is 43.6 Å². The molecule has 0 saturated heterocycles. The van der Waals surface area contributed by atoms with Gasteiger partial charge in [-0.15, -0.1) is 0 Å². The summed E-state index contributed by atoms with van der Waals surface area (Å²) in [4.78, 5) is 0. The number of hydrogen-bond acceptors (Lipinski definition) is 0. The molecule has 0 saturated carbocycles. The molecule has 0 spiro atoms. The quantitative estimate of drug-likeness (QED) is 0.184. The zero-order valence-electron chi connectivity index (χ0n) is 24.1. The van der Waals surface area contributed by atoms with Gasteiger partial charge in [-0.1, -0.05) is 100 Å². The van der Waals surface area contributed by atoms with Crippen molar-refractivity contribution in [3.63, 3.8) is 0 Å². The van der Waals surface area contributed by atoms with E-state index >= 15 is 0 Å². The smallest absolute Gasteiger partial charge is 0.0491 e. The Balaban J connectivity index is 0.000000577. The van der Waals surface area contributed by atoms with Crippen LogP contribution in [0.5, 0.6) is 0 Å². The second-order valence-electron chi connectivity index (χ2n) is 7.56. The Labute approximate surface area is 250 Å². The molecule has 6 aromatic rings. The van der Waals surface area contributed by atoms with E-state index in [1.54, 1.807) is 0 Å². The molecule has 0 aliphatic carbocycles. The van der Waals surface area contributed by atoms with Gasteiger partial charge in [-0.05, 0) is 38.1 Å². The third-order valence-corrected chi connectivity index (χ3v) is 5.99. The number of rotatable bonds is 2. The molecule has 37 heavy (non-hydrogen) atoms. The van der Waals surface area contributed by atoms with Crippen molar-refractivity contribution < 1.29 is 32.7 Å². The number of hydrogen-bond donors (Lipinski definition) is 0. The second kappa shape index (κ2) is 17.2. The average Bonchev–Trinajstić information content (AvgIpc) is 3.44. The van der Waals surface area contributed by atoms with Crippen molar-refractivity contribution in [2.24, 2.45) is 0 Å². The van der Waals surface area contributed by atoms with Crippen molar-refractivity contribution in [3.8, 4) is 0 Å². The van der Waals surface area contributed by atoms with Crippen molar-refractivity contribution in [1.82, 2.24) is 9.13 Å². The Morgan fingerprint density at radius 3 is 0.784 bits per heavy atom. The number of para-hydroxylation sites is 4. The molecule has 0 fully saturated rings. The summed E-state index contributed by atoms with van der Waals surface area (Å²) in [5.74, 6) is 0. The molecular weight excluding hydrogens is 525 g/mol. The zero-order chi connectivity index (χ0) is 24.5. The molecule has 2 heterocycles. The molecule has 0 amide bonds. The maximum Gasteiger partial charge on any atom is 0.0491 e. The van der Waals surface area contributed by atoms with Gasteiger partial charge in [-0.25, -0.2) is 0 Å². The van der Waals surface area contributed by atoms with Crippen LogP contribution in [0.3, 0.4) is 0 Å². The topological polar surface area (TPSA) is 9.86 Å². The molecule has 0 N–H and O–H groups in total. The van der Waals surface area contributed by atoms with Crippen LogP contribution in [-0.4, -0.2) is 9.13 Å². The first kappa shape index (κ1) is 34.6. The minimum atomic E-state index is 0. The van der Waals surface area contributed by atoms with Crippen LogP contribution < -0.4 is 0 Å². The van der Waals surface area contributed by atoms with Gasteiger partial charge in [0.15, 0.2) is 0 Å². The molecule has 3 heteroatoms. The van der Waals surface area contributed by atoms with Gasteiger partial charge in [0, 0.05) is 89.4 Å². The Morgan fingerprint density at radius 1 is 0.405 bits per heavy atom. The van der Waals surface area contributed by atoms with Gasteiger partial charge in [0.1, 0.15) is 0 Å². The summed E-state index contributed by atoms with van der Waals surface area (Å²) in [6, 6.07) is 34.4. The van der Waals surface area contributed by atoms with Crippen molar-refractivity contribution >= 4 is 43.6 Å².